The number of hydrogen-bond donors (Lipinski definition) is 2. The van der Waals surface area contributed by atoms with E-state index in [9.17, 15) is 9.59 Å². The first kappa shape index (κ1) is 19.1. The second-order valence-electron chi connectivity index (χ2n) is 5.85. The van der Waals surface area contributed by atoms with Gasteiger partial charge >= 0.3 is 0 Å². The molecule has 2 aromatic carbocycles. The first-order valence-electron chi connectivity index (χ1n) is 8.28. The average molecular weight is 407 g/mol. The van der Waals surface area contributed by atoms with Crippen molar-refractivity contribution in [3.63, 3.8) is 0 Å². The van der Waals surface area contributed by atoms with E-state index in [0.29, 0.717) is 15.2 Å². The molecule has 2 N–H and O–H groups in total. The van der Waals surface area contributed by atoms with Crippen molar-refractivity contribution in [2.24, 2.45) is 0 Å². The molecule has 0 atom stereocenters. The van der Waals surface area contributed by atoms with Crippen LogP contribution in [0.25, 0.3) is 0 Å². The van der Waals surface area contributed by atoms with Gasteiger partial charge in [-0.1, -0.05) is 35.9 Å². The van der Waals surface area contributed by atoms with Gasteiger partial charge in [0.2, 0.25) is 5.91 Å². The molecule has 0 spiro atoms. The van der Waals surface area contributed by atoms with E-state index in [4.69, 9.17) is 11.6 Å². The van der Waals surface area contributed by atoms with Crippen LogP contribution in [0.5, 0.6) is 0 Å². The fourth-order valence-corrected chi connectivity index (χ4v) is 5.52. The molecule has 0 unspecified atom stereocenters. The Balaban J connectivity index is 1.49. The largest absolute Gasteiger partial charge is 0.273 e. The highest BCUT2D eigenvalue weighted by atomic mass is 35.5. The summed E-state index contributed by atoms with van der Waals surface area (Å²) in [6.45, 7) is 0. The summed E-state index contributed by atoms with van der Waals surface area (Å²) in [5.74, 6) is 1.75. The van der Waals surface area contributed by atoms with Crippen molar-refractivity contribution >= 4 is 46.9 Å². The van der Waals surface area contributed by atoms with Crippen LogP contribution in [-0.4, -0.2) is 23.3 Å². The molecule has 1 aliphatic heterocycles. The molecule has 1 heterocycles. The molecule has 1 fully saturated rings. The van der Waals surface area contributed by atoms with E-state index in [1.54, 1.807) is 36.4 Å². The van der Waals surface area contributed by atoms with E-state index in [1.807, 2.05) is 35.7 Å². The zero-order valence-corrected chi connectivity index (χ0v) is 16.4. The molecular weight excluding hydrogens is 388 g/mol. The van der Waals surface area contributed by atoms with Gasteiger partial charge in [-0.3, -0.25) is 20.4 Å². The standard InChI is InChI=1S/C19H19ClN2O2S2/c20-16-8-2-13(3-9-16)12-17(23)21-22-18(24)14-4-6-15(7-5-14)19-25-10-1-11-26-19/h2-9,19H,1,10-12H2,(H,21,23)(H,22,24). The molecule has 1 saturated heterocycles. The van der Waals surface area contributed by atoms with Gasteiger partial charge in [0.1, 0.15) is 0 Å². The van der Waals surface area contributed by atoms with Gasteiger partial charge in [-0.2, -0.15) is 0 Å². The first-order valence-corrected chi connectivity index (χ1v) is 10.8. The number of halogens is 1. The molecule has 4 nitrogen and oxygen atoms in total. The van der Waals surface area contributed by atoms with Crippen LogP contribution in [-0.2, 0) is 11.2 Å². The molecule has 0 bridgehead atoms. The predicted molar refractivity (Wildman–Crippen MR) is 109 cm³/mol. The zero-order valence-electron chi connectivity index (χ0n) is 14.0. The summed E-state index contributed by atoms with van der Waals surface area (Å²) in [6, 6.07) is 14.6. The third kappa shape index (κ3) is 5.43. The fraction of sp³-hybridized carbons (Fsp3) is 0.263. The summed E-state index contributed by atoms with van der Waals surface area (Å²) in [5, 5.41) is 0.621. The molecule has 136 valence electrons. The van der Waals surface area contributed by atoms with Gasteiger partial charge in [0.15, 0.2) is 0 Å². The predicted octanol–water partition coefficient (Wildman–Crippen LogP) is 4.21. The minimum absolute atomic E-state index is 0.173. The summed E-state index contributed by atoms with van der Waals surface area (Å²) in [6.07, 6.45) is 1.43. The van der Waals surface area contributed by atoms with Crippen LogP contribution in [0, 0.1) is 0 Å². The molecule has 0 aliphatic carbocycles. The van der Waals surface area contributed by atoms with Gasteiger partial charge in [0.05, 0.1) is 11.0 Å². The number of thioether (sulfide) groups is 2. The lowest BCUT2D eigenvalue weighted by atomic mass is 10.1. The molecule has 3 rings (SSSR count). The van der Waals surface area contributed by atoms with Gasteiger partial charge in [-0.05, 0) is 53.3 Å². The Bertz CT molecular complexity index is 760. The zero-order chi connectivity index (χ0) is 18.4. The summed E-state index contributed by atoms with van der Waals surface area (Å²) in [7, 11) is 0. The minimum Gasteiger partial charge on any atom is -0.273 e. The van der Waals surface area contributed by atoms with Crippen LogP contribution in [0.3, 0.4) is 0 Å². The highest BCUT2D eigenvalue weighted by Crippen LogP contribution is 2.43. The normalized spacial score (nSPS) is 14.7. The molecule has 7 heteroatoms. The topological polar surface area (TPSA) is 58.2 Å². The number of carbonyl (C=O) groups excluding carboxylic acids is 2. The highest BCUT2D eigenvalue weighted by Gasteiger charge is 2.17. The first-order chi connectivity index (χ1) is 12.6. The SMILES string of the molecule is O=C(Cc1ccc(Cl)cc1)NNC(=O)c1ccc(C2SCCCS2)cc1. The lowest BCUT2D eigenvalue weighted by Crippen LogP contribution is -2.42. The van der Waals surface area contributed by atoms with Crippen molar-refractivity contribution in [3.05, 3.63) is 70.2 Å². The summed E-state index contributed by atoms with van der Waals surface area (Å²) in [5.41, 5.74) is 7.47. The Morgan fingerprint density at radius 1 is 0.962 bits per heavy atom. The molecule has 26 heavy (non-hydrogen) atoms. The molecule has 0 radical (unpaired) electrons. The Labute approximate surface area is 166 Å². The van der Waals surface area contributed by atoms with Crippen molar-refractivity contribution in [2.45, 2.75) is 17.4 Å². The number of carbonyl (C=O) groups is 2. The number of benzene rings is 2. The van der Waals surface area contributed by atoms with Gasteiger partial charge in [0, 0.05) is 10.6 Å². The Kier molecular flexibility index (Phi) is 6.88. The summed E-state index contributed by atoms with van der Waals surface area (Å²) >= 11 is 9.71. The third-order valence-electron chi connectivity index (χ3n) is 3.87. The Morgan fingerprint density at radius 2 is 1.62 bits per heavy atom. The van der Waals surface area contributed by atoms with E-state index in [0.717, 1.165) is 5.56 Å². The van der Waals surface area contributed by atoms with Crippen LogP contribution in [0.15, 0.2) is 48.5 Å². The van der Waals surface area contributed by atoms with Crippen molar-refractivity contribution in [2.75, 3.05) is 11.5 Å². The maximum absolute atomic E-state index is 12.2. The number of hydrogen-bond acceptors (Lipinski definition) is 4. The number of amides is 2. The van der Waals surface area contributed by atoms with Crippen LogP contribution in [0.2, 0.25) is 5.02 Å². The maximum atomic E-state index is 12.2. The van der Waals surface area contributed by atoms with E-state index in [1.165, 1.54) is 23.5 Å². The van der Waals surface area contributed by atoms with E-state index >= 15 is 0 Å². The second kappa shape index (κ2) is 9.35. The highest BCUT2D eigenvalue weighted by molar-refractivity contribution is 8.16. The molecule has 2 aromatic rings. The van der Waals surface area contributed by atoms with Crippen molar-refractivity contribution in [1.29, 1.82) is 0 Å². The van der Waals surface area contributed by atoms with Crippen LogP contribution >= 0.6 is 35.1 Å². The maximum Gasteiger partial charge on any atom is 0.269 e. The Hall–Kier alpha value is -1.63. The van der Waals surface area contributed by atoms with Crippen LogP contribution in [0.4, 0.5) is 0 Å². The number of hydrazine groups is 1. The minimum atomic E-state index is -0.329. The molecule has 2 amide bonds. The van der Waals surface area contributed by atoms with E-state index in [-0.39, 0.29) is 18.2 Å². The average Bonchev–Trinajstić information content (AvgIpc) is 2.69. The monoisotopic (exact) mass is 406 g/mol. The second-order valence-corrected chi connectivity index (χ2v) is 9.02. The molecule has 1 aliphatic rings. The quantitative estimate of drug-likeness (QED) is 0.746. The van der Waals surface area contributed by atoms with Crippen LogP contribution < -0.4 is 10.9 Å². The van der Waals surface area contributed by atoms with Gasteiger partial charge < -0.3 is 0 Å². The lowest BCUT2D eigenvalue weighted by Gasteiger charge is -2.21. The van der Waals surface area contributed by atoms with E-state index in [2.05, 4.69) is 10.9 Å². The third-order valence-corrected chi connectivity index (χ3v) is 7.13. The Morgan fingerprint density at radius 3 is 2.27 bits per heavy atom. The molecular formula is C19H19ClN2O2S2. The van der Waals surface area contributed by atoms with Gasteiger partial charge in [0.25, 0.3) is 5.91 Å². The van der Waals surface area contributed by atoms with Crippen molar-refractivity contribution in [3.8, 4) is 0 Å². The van der Waals surface area contributed by atoms with Crippen molar-refractivity contribution in [1.82, 2.24) is 10.9 Å². The summed E-state index contributed by atoms with van der Waals surface area (Å²) < 4.78 is 0.444. The lowest BCUT2D eigenvalue weighted by molar-refractivity contribution is -0.121. The number of nitrogens with one attached hydrogen (secondary N) is 2. The van der Waals surface area contributed by atoms with Gasteiger partial charge in [-0.15, -0.1) is 23.5 Å². The van der Waals surface area contributed by atoms with E-state index < -0.39 is 0 Å². The molecule has 0 saturated carbocycles. The molecule has 0 aromatic heterocycles. The smallest absolute Gasteiger partial charge is 0.269 e. The van der Waals surface area contributed by atoms with Gasteiger partial charge in [-0.25, -0.2) is 0 Å². The fourth-order valence-electron chi connectivity index (χ4n) is 2.50. The summed E-state index contributed by atoms with van der Waals surface area (Å²) in [4.78, 5) is 24.1. The number of rotatable bonds is 4. The van der Waals surface area contributed by atoms with Crippen LogP contribution in [0.1, 0.15) is 32.5 Å². The van der Waals surface area contributed by atoms with Crippen molar-refractivity contribution < 1.29 is 9.59 Å².